The van der Waals surface area contributed by atoms with Crippen LogP contribution in [0.4, 0.5) is 5.69 Å². The summed E-state index contributed by atoms with van der Waals surface area (Å²) in [4.78, 5) is 40.6. The van der Waals surface area contributed by atoms with Gasteiger partial charge in [-0.2, -0.15) is 0 Å². The molecule has 2 heterocycles. The highest BCUT2D eigenvalue weighted by Crippen LogP contribution is 2.22. The molecule has 1 aliphatic rings. The lowest BCUT2D eigenvalue weighted by Gasteiger charge is -2.36. The molecule has 154 valence electrons. The van der Waals surface area contributed by atoms with Gasteiger partial charge < -0.3 is 19.0 Å². The molecule has 1 fully saturated rings. The summed E-state index contributed by atoms with van der Waals surface area (Å²) in [5, 5.41) is 0.669. The predicted molar refractivity (Wildman–Crippen MR) is 114 cm³/mol. The lowest BCUT2D eigenvalue weighted by molar-refractivity contribution is 0.0742. The fraction of sp³-hybridized carbons (Fsp3) is 0.261. The summed E-state index contributed by atoms with van der Waals surface area (Å²) < 4.78 is 10.5. The third-order valence-corrected chi connectivity index (χ3v) is 5.38. The van der Waals surface area contributed by atoms with Crippen molar-refractivity contribution in [3.8, 4) is 5.75 Å². The molecule has 0 N–H and O–H groups in total. The van der Waals surface area contributed by atoms with E-state index in [4.69, 9.17) is 9.15 Å². The Morgan fingerprint density at radius 1 is 0.967 bits per heavy atom. The van der Waals surface area contributed by atoms with Crippen molar-refractivity contribution in [3.63, 3.8) is 0 Å². The van der Waals surface area contributed by atoms with Crippen LogP contribution in [0, 0.1) is 0 Å². The standard InChI is InChI=1S/C23H22N2O5/c1-15(26)16-3-6-18(7-4-16)24-9-11-25(12-10-24)22(27)20-13-17-5-8-19(29-2)14-21(17)30-23(20)28/h3-8,13-14H,9-12H2,1-2H3. The van der Waals surface area contributed by atoms with Gasteiger partial charge in [0.2, 0.25) is 0 Å². The maximum Gasteiger partial charge on any atom is 0.349 e. The second-order valence-corrected chi connectivity index (χ2v) is 7.23. The maximum absolute atomic E-state index is 12.9. The van der Waals surface area contributed by atoms with E-state index in [1.165, 1.54) is 7.11 Å². The van der Waals surface area contributed by atoms with Gasteiger partial charge in [0, 0.05) is 48.9 Å². The normalized spacial score (nSPS) is 14.1. The maximum atomic E-state index is 12.9. The monoisotopic (exact) mass is 406 g/mol. The number of fused-ring (bicyclic) bond motifs is 1. The molecule has 0 atom stereocenters. The molecule has 7 nitrogen and oxygen atoms in total. The summed E-state index contributed by atoms with van der Waals surface area (Å²) in [6, 6.07) is 14.2. The van der Waals surface area contributed by atoms with Crippen LogP contribution in [0.25, 0.3) is 11.0 Å². The lowest BCUT2D eigenvalue weighted by atomic mass is 10.1. The zero-order valence-corrected chi connectivity index (χ0v) is 16.9. The number of piperazine rings is 1. The first kappa shape index (κ1) is 19.7. The Morgan fingerprint density at radius 3 is 2.30 bits per heavy atom. The van der Waals surface area contributed by atoms with E-state index in [1.807, 2.05) is 24.3 Å². The SMILES string of the molecule is COc1ccc2cc(C(=O)N3CCN(c4ccc(C(C)=O)cc4)CC3)c(=O)oc2c1. The van der Waals surface area contributed by atoms with Gasteiger partial charge in [0.05, 0.1) is 7.11 Å². The van der Waals surface area contributed by atoms with Gasteiger partial charge >= 0.3 is 5.63 Å². The predicted octanol–water partition coefficient (Wildman–Crippen LogP) is 2.97. The molecule has 4 rings (SSSR count). The number of methoxy groups -OCH3 is 1. The van der Waals surface area contributed by atoms with Gasteiger partial charge in [-0.15, -0.1) is 0 Å². The second-order valence-electron chi connectivity index (χ2n) is 7.23. The van der Waals surface area contributed by atoms with Crippen LogP contribution in [-0.2, 0) is 0 Å². The number of rotatable bonds is 4. The molecule has 3 aromatic rings. The minimum atomic E-state index is -0.650. The van der Waals surface area contributed by atoms with E-state index in [0.29, 0.717) is 48.5 Å². The molecular formula is C23H22N2O5. The summed E-state index contributed by atoms with van der Waals surface area (Å²) in [6.07, 6.45) is 0. The van der Waals surface area contributed by atoms with E-state index < -0.39 is 5.63 Å². The molecular weight excluding hydrogens is 384 g/mol. The number of hydrogen-bond donors (Lipinski definition) is 0. The van der Waals surface area contributed by atoms with Gasteiger partial charge in [-0.05, 0) is 49.4 Å². The molecule has 0 bridgehead atoms. The van der Waals surface area contributed by atoms with Crippen molar-refractivity contribution < 1.29 is 18.7 Å². The molecule has 7 heteroatoms. The number of hydrogen-bond acceptors (Lipinski definition) is 6. The number of anilines is 1. The van der Waals surface area contributed by atoms with Crippen molar-refractivity contribution in [1.29, 1.82) is 0 Å². The smallest absolute Gasteiger partial charge is 0.349 e. The molecule has 1 amide bonds. The first-order valence-corrected chi connectivity index (χ1v) is 9.73. The molecule has 0 unspecified atom stereocenters. The Labute approximate surface area is 173 Å². The van der Waals surface area contributed by atoms with Crippen molar-refractivity contribution in [2.24, 2.45) is 0 Å². The van der Waals surface area contributed by atoms with Crippen LogP contribution in [-0.4, -0.2) is 49.9 Å². The Hall–Kier alpha value is -3.61. The number of nitrogens with zero attached hydrogens (tertiary/aromatic N) is 2. The average molecular weight is 406 g/mol. The summed E-state index contributed by atoms with van der Waals surface area (Å²) in [5.41, 5.74) is 1.45. The third kappa shape index (κ3) is 3.78. The largest absolute Gasteiger partial charge is 0.497 e. The lowest BCUT2D eigenvalue weighted by Crippen LogP contribution is -2.49. The number of carbonyl (C=O) groups excluding carboxylic acids is 2. The highest BCUT2D eigenvalue weighted by Gasteiger charge is 2.25. The summed E-state index contributed by atoms with van der Waals surface area (Å²) in [5.74, 6) is 0.287. The van der Waals surface area contributed by atoms with Crippen LogP contribution in [0.2, 0.25) is 0 Å². The minimum absolute atomic E-state index is 0.0321. The van der Waals surface area contributed by atoms with Crippen molar-refractivity contribution >= 4 is 28.3 Å². The molecule has 1 aliphatic heterocycles. The second kappa shape index (κ2) is 8.02. The van der Waals surface area contributed by atoms with Gasteiger partial charge in [0.15, 0.2) is 5.78 Å². The molecule has 1 saturated heterocycles. The Bertz CT molecular complexity index is 1160. The fourth-order valence-electron chi connectivity index (χ4n) is 3.61. The summed E-state index contributed by atoms with van der Waals surface area (Å²) >= 11 is 0. The van der Waals surface area contributed by atoms with Crippen molar-refractivity contribution in [2.75, 3.05) is 38.2 Å². The third-order valence-electron chi connectivity index (χ3n) is 5.38. The molecule has 0 saturated carbocycles. The summed E-state index contributed by atoms with van der Waals surface area (Å²) in [7, 11) is 1.54. The van der Waals surface area contributed by atoms with Gasteiger partial charge in [-0.25, -0.2) is 4.79 Å². The zero-order valence-electron chi connectivity index (χ0n) is 16.9. The molecule has 0 radical (unpaired) electrons. The van der Waals surface area contributed by atoms with E-state index in [1.54, 1.807) is 36.1 Å². The number of Topliss-reactive ketones (excluding diaryl/α,β-unsaturated/α-hetero) is 1. The number of ketones is 1. The molecule has 2 aromatic carbocycles. The number of benzene rings is 2. The zero-order chi connectivity index (χ0) is 21.3. The quantitative estimate of drug-likeness (QED) is 0.490. The van der Waals surface area contributed by atoms with Gasteiger partial charge in [0.25, 0.3) is 5.91 Å². The van der Waals surface area contributed by atoms with Crippen molar-refractivity contribution in [1.82, 2.24) is 4.90 Å². The van der Waals surface area contributed by atoms with E-state index in [2.05, 4.69) is 4.90 Å². The molecule has 30 heavy (non-hydrogen) atoms. The summed E-state index contributed by atoms with van der Waals surface area (Å²) in [6.45, 7) is 3.81. The van der Waals surface area contributed by atoms with Gasteiger partial charge in [-0.1, -0.05) is 0 Å². The van der Waals surface area contributed by atoms with E-state index in [9.17, 15) is 14.4 Å². The van der Waals surface area contributed by atoms with Crippen LogP contribution < -0.4 is 15.3 Å². The Kier molecular flexibility index (Phi) is 5.27. The van der Waals surface area contributed by atoms with Crippen LogP contribution in [0.5, 0.6) is 5.75 Å². The van der Waals surface area contributed by atoms with Crippen LogP contribution in [0.1, 0.15) is 27.6 Å². The van der Waals surface area contributed by atoms with Gasteiger partial charge in [-0.3, -0.25) is 9.59 Å². The number of ether oxygens (including phenoxy) is 1. The number of carbonyl (C=O) groups is 2. The van der Waals surface area contributed by atoms with Crippen LogP contribution >= 0.6 is 0 Å². The first-order valence-electron chi connectivity index (χ1n) is 9.73. The van der Waals surface area contributed by atoms with E-state index in [0.717, 1.165) is 5.69 Å². The molecule has 0 spiro atoms. The Balaban J connectivity index is 1.48. The topological polar surface area (TPSA) is 80.1 Å². The van der Waals surface area contributed by atoms with E-state index in [-0.39, 0.29) is 17.3 Å². The first-order chi connectivity index (χ1) is 14.5. The van der Waals surface area contributed by atoms with Crippen molar-refractivity contribution in [2.45, 2.75) is 6.92 Å². The van der Waals surface area contributed by atoms with Crippen molar-refractivity contribution in [3.05, 3.63) is 70.1 Å². The average Bonchev–Trinajstić information content (AvgIpc) is 2.78. The number of amides is 1. The Morgan fingerprint density at radius 2 is 1.67 bits per heavy atom. The van der Waals surface area contributed by atoms with Gasteiger partial charge in [0.1, 0.15) is 16.9 Å². The minimum Gasteiger partial charge on any atom is -0.497 e. The molecule has 0 aliphatic carbocycles. The van der Waals surface area contributed by atoms with E-state index >= 15 is 0 Å². The van der Waals surface area contributed by atoms with Crippen LogP contribution in [0.3, 0.4) is 0 Å². The van der Waals surface area contributed by atoms with Crippen LogP contribution in [0.15, 0.2) is 57.7 Å². The fourth-order valence-corrected chi connectivity index (χ4v) is 3.61. The molecule has 1 aromatic heterocycles. The highest BCUT2D eigenvalue weighted by molar-refractivity contribution is 5.97. The highest BCUT2D eigenvalue weighted by atomic mass is 16.5.